The second-order valence-electron chi connectivity index (χ2n) is 5.77. The van der Waals surface area contributed by atoms with Crippen LogP contribution in [0.25, 0.3) is 10.6 Å². The molecule has 0 atom stereocenters. The number of thiazole rings is 2. The van der Waals surface area contributed by atoms with Gasteiger partial charge in [0.05, 0.1) is 21.3 Å². The van der Waals surface area contributed by atoms with E-state index in [0.717, 1.165) is 29.7 Å². The first-order valence-corrected chi connectivity index (χ1v) is 9.06. The van der Waals surface area contributed by atoms with Gasteiger partial charge in [0.25, 0.3) is 0 Å². The molecule has 2 aromatic rings. The highest BCUT2D eigenvalue weighted by Gasteiger charge is 2.28. The second kappa shape index (κ2) is 5.82. The van der Waals surface area contributed by atoms with Gasteiger partial charge in [-0.15, -0.1) is 22.7 Å². The summed E-state index contributed by atoms with van der Waals surface area (Å²) in [6.45, 7) is 7.58. The molecular weight excluding hydrogens is 286 g/mol. The van der Waals surface area contributed by atoms with Crippen molar-refractivity contribution < 1.29 is 0 Å². The molecule has 0 spiro atoms. The van der Waals surface area contributed by atoms with E-state index in [4.69, 9.17) is 9.97 Å². The molecule has 0 aliphatic heterocycles. The number of nitrogens with one attached hydrogen (secondary N) is 1. The van der Waals surface area contributed by atoms with Crippen LogP contribution in [0.2, 0.25) is 0 Å². The lowest BCUT2D eigenvalue weighted by atomic mass is 10.2. The Hall–Kier alpha value is -0.940. The molecular formula is C15H21N3S2. The molecule has 1 saturated carbocycles. The van der Waals surface area contributed by atoms with Gasteiger partial charge >= 0.3 is 0 Å². The van der Waals surface area contributed by atoms with Gasteiger partial charge in [-0.2, -0.15) is 0 Å². The zero-order valence-corrected chi connectivity index (χ0v) is 13.9. The van der Waals surface area contributed by atoms with Crippen LogP contribution in [0, 0.1) is 5.92 Å². The molecule has 1 N–H and O–H groups in total. The lowest BCUT2D eigenvalue weighted by Crippen LogP contribution is -2.07. The van der Waals surface area contributed by atoms with Crippen molar-refractivity contribution in [3.63, 3.8) is 0 Å². The van der Waals surface area contributed by atoms with Crippen molar-refractivity contribution >= 4 is 27.8 Å². The molecule has 0 aromatic carbocycles. The summed E-state index contributed by atoms with van der Waals surface area (Å²) in [4.78, 5) is 10.8. The van der Waals surface area contributed by atoms with Crippen molar-refractivity contribution in [1.29, 1.82) is 0 Å². The van der Waals surface area contributed by atoms with Crippen LogP contribution in [0.4, 0.5) is 5.13 Å². The molecule has 1 aliphatic carbocycles. The monoisotopic (exact) mass is 307 g/mol. The zero-order valence-electron chi connectivity index (χ0n) is 12.3. The predicted octanol–water partition coefficient (Wildman–Crippen LogP) is 4.77. The zero-order chi connectivity index (χ0) is 14.1. The minimum atomic E-state index is 0.637. The highest BCUT2D eigenvalue weighted by atomic mass is 32.1. The third-order valence-electron chi connectivity index (χ3n) is 3.37. The van der Waals surface area contributed by atoms with Gasteiger partial charge in [0.1, 0.15) is 0 Å². The van der Waals surface area contributed by atoms with Crippen LogP contribution in [0.5, 0.6) is 0 Å². The average molecular weight is 307 g/mol. The van der Waals surface area contributed by atoms with Gasteiger partial charge in [0.15, 0.2) is 5.13 Å². The van der Waals surface area contributed by atoms with Crippen molar-refractivity contribution in [2.75, 3.05) is 11.9 Å². The van der Waals surface area contributed by atoms with Crippen molar-refractivity contribution in [2.24, 2.45) is 5.92 Å². The molecule has 3 rings (SSSR count). The number of anilines is 1. The summed E-state index contributed by atoms with van der Waals surface area (Å²) in [6, 6.07) is 0. The molecule has 20 heavy (non-hydrogen) atoms. The van der Waals surface area contributed by atoms with Crippen LogP contribution in [-0.2, 0) is 6.42 Å². The van der Waals surface area contributed by atoms with Crippen LogP contribution in [0.1, 0.15) is 50.2 Å². The Morgan fingerprint density at radius 1 is 1.35 bits per heavy atom. The Morgan fingerprint density at radius 2 is 2.15 bits per heavy atom. The van der Waals surface area contributed by atoms with E-state index in [1.165, 1.54) is 28.4 Å². The lowest BCUT2D eigenvalue weighted by Gasteiger charge is -2.04. The summed E-state index contributed by atoms with van der Waals surface area (Å²) in [7, 11) is 0. The minimum Gasteiger partial charge on any atom is -0.361 e. The van der Waals surface area contributed by atoms with Gasteiger partial charge in [-0.05, 0) is 25.2 Å². The summed E-state index contributed by atoms with van der Waals surface area (Å²) < 4.78 is 0. The molecule has 1 fully saturated rings. The molecule has 1 aliphatic rings. The van der Waals surface area contributed by atoms with Crippen LogP contribution < -0.4 is 5.32 Å². The lowest BCUT2D eigenvalue weighted by molar-refractivity contribution is 0.688. The van der Waals surface area contributed by atoms with E-state index in [-0.39, 0.29) is 0 Å². The van der Waals surface area contributed by atoms with E-state index in [9.17, 15) is 0 Å². The third-order valence-corrected chi connectivity index (χ3v) is 5.46. The number of aromatic nitrogens is 2. The summed E-state index contributed by atoms with van der Waals surface area (Å²) in [5, 5.41) is 7.91. The van der Waals surface area contributed by atoms with Crippen molar-refractivity contribution in [3.8, 4) is 10.6 Å². The van der Waals surface area contributed by atoms with Crippen molar-refractivity contribution in [1.82, 2.24) is 9.97 Å². The van der Waals surface area contributed by atoms with E-state index < -0.39 is 0 Å². The fourth-order valence-electron chi connectivity index (χ4n) is 2.07. The second-order valence-corrected chi connectivity index (χ2v) is 7.66. The first-order valence-electron chi connectivity index (χ1n) is 7.36. The fraction of sp³-hybridized carbons (Fsp3) is 0.600. The first-order chi connectivity index (χ1) is 9.67. The molecule has 0 amide bonds. The number of hydrogen-bond donors (Lipinski definition) is 1. The fourth-order valence-corrected chi connectivity index (χ4v) is 4.14. The van der Waals surface area contributed by atoms with Crippen molar-refractivity contribution in [2.45, 2.75) is 46.0 Å². The quantitative estimate of drug-likeness (QED) is 0.835. The maximum Gasteiger partial charge on any atom is 0.183 e. The molecule has 0 saturated heterocycles. The average Bonchev–Trinajstić information content (AvgIpc) is 3.03. The summed E-state index contributed by atoms with van der Waals surface area (Å²) in [5.74, 6) is 1.37. The van der Waals surface area contributed by atoms with Gasteiger partial charge in [0.2, 0.25) is 0 Å². The predicted molar refractivity (Wildman–Crippen MR) is 87.9 cm³/mol. The summed E-state index contributed by atoms with van der Waals surface area (Å²) >= 11 is 3.55. The van der Waals surface area contributed by atoms with Crippen LogP contribution >= 0.6 is 22.7 Å². The van der Waals surface area contributed by atoms with E-state index in [1.54, 1.807) is 11.3 Å². The highest BCUT2D eigenvalue weighted by molar-refractivity contribution is 7.17. The number of rotatable bonds is 6. The van der Waals surface area contributed by atoms with Crippen LogP contribution in [0.15, 0.2) is 5.38 Å². The standard InChI is InChI=1S/C15H21N3S2/c1-4-11-13(20-14(17-11)10-5-6-10)12-8-19-15(18-12)16-7-9(2)3/h8-10H,4-7H2,1-3H3,(H,16,18). The molecule has 2 heterocycles. The SMILES string of the molecule is CCc1nc(C2CC2)sc1-c1csc(NCC(C)C)n1. The van der Waals surface area contributed by atoms with Crippen LogP contribution in [0.3, 0.4) is 0 Å². The highest BCUT2D eigenvalue weighted by Crippen LogP contribution is 2.45. The Bertz CT molecular complexity index is 582. The Labute approximate surface area is 128 Å². The first kappa shape index (κ1) is 14.0. The van der Waals surface area contributed by atoms with Gasteiger partial charge in [-0.1, -0.05) is 20.8 Å². The topological polar surface area (TPSA) is 37.8 Å². The Kier molecular flexibility index (Phi) is 4.08. The normalized spacial score (nSPS) is 15.0. The molecule has 108 valence electrons. The minimum absolute atomic E-state index is 0.637. The molecule has 5 heteroatoms. The van der Waals surface area contributed by atoms with E-state index in [0.29, 0.717) is 5.92 Å². The van der Waals surface area contributed by atoms with E-state index in [2.05, 4.69) is 31.5 Å². The van der Waals surface area contributed by atoms with Gasteiger partial charge < -0.3 is 5.32 Å². The summed E-state index contributed by atoms with van der Waals surface area (Å²) in [6.07, 6.45) is 3.62. The van der Waals surface area contributed by atoms with E-state index >= 15 is 0 Å². The maximum absolute atomic E-state index is 4.81. The third kappa shape index (κ3) is 3.04. The number of aryl methyl sites for hydroxylation is 1. The Morgan fingerprint density at radius 3 is 2.80 bits per heavy atom. The number of hydrogen-bond acceptors (Lipinski definition) is 5. The van der Waals surface area contributed by atoms with Crippen LogP contribution in [-0.4, -0.2) is 16.5 Å². The number of nitrogens with zero attached hydrogens (tertiary/aromatic N) is 2. The molecule has 3 nitrogen and oxygen atoms in total. The van der Waals surface area contributed by atoms with Gasteiger partial charge in [-0.25, -0.2) is 9.97 Å². The maximum atomic E-state index is 4.81. The molecule has 0 radical (unpaired) electrons. The smallest absolute Gasteiger partial charge is 0.183 e. The Balaban J connectivity index is 1.81. The largest absolute Gasteiger partial charge is 0.361 e. The molecule has 2 aromatic heterocycles. The van der Waals surface area contributed by atoms with Gasteiger partial charge in [-0.3, -0.25) is 0 Å². The van der Waals surface area contributed by atoms with Gasteiger partial charge in [0, 0.05) is 17.8 Å². The molecule has 0 bridgehead atoms. The molecule has 0 unspecified atom stereocenters. The summed E-state index contributed by atoms with van der Waals surface area (Å²) in [5.41, 5.74) is 2.32. The van der Waals surface area contributed by atoms with E-state index in [1.807, 2.05) is 11.3 Å². The van der Waals surface area contributed by atoms with Crippen molar-refractivity contribution in [3.05, 3.63) is 16.1 Å².